The zero-order valence-corrected chi connectivity index (χ0v) is 16.2. The van der Waals surface area contributed by atoms with Crippen molar-refractivity contribution in [1.29, 1.82) is 0 Å². The normalized spacial score (nSPS) is 12.3. The van der Waals surface area contributed by atoms with E-state index in [1.54, 1.807) is 49.4 Å². The Hall–Kier alpha value is -2.54. The summed E-state index contributed by atoms with van der Waals surface area (Å²) in [5.74, 6) is 0.0982. The van der Waals surface area contributed by atoms with Gasteiger partial charge in [-0.1, -0.05) is 31.2 Å². The molecule has 0 aliphatic carbocycles. The molecule has 0 bridgehead atoms. The van der Waals surface area contributed by atoms with Crippen molar-refractivity contribution >= 4 is 27.3 Å². The fraction of sp³-hybridized carbons (Fsp3) is 0.316. The Morgan fingerprint density at radius 3 is 2.46 bits per heavy atom. The molecule has 6 nitrogen and oxygen atoms in total. The zero-order chi connectivity index (χ0) is 19.3. The van der Waals surface area contributed by atoms with Crippen molar-refractivity contribution in [2.24, 2.45) is 0 Å². The topological polar surface area (TPSA) is 75.7 Å². The maximum absolute atomic E-state index is 12.9. The Morgan fingerprint density at radius 2 is 1.88 bits per heavy atom. The van der Waals surface area contributed by atoms with Gasteiger partial charge in [0.25, 0.3) is 0 Å². The minimum Gasteiger partial charge on any atom is -0.495 e. The molecule has 2 rings (SSSR count). The Bertz CT molecular complexity index is 881. The molecule has 1 atom stereocenters. The lowest BCUT2D eigenvalue weighted by Crippen LogP contribution is -2.47. The predicted molar refractivity (Wildman–Crippen MR) is 104 cm³/mol. The first-order chi connectivity index (χ1) is 12.3. The molecule has 0 fully saturated rings. The van der Waals surface area contributed by atoms with Crippen LogP contribution in [0.2, 0.25) is 0 Å². The Balaban J connectivity index is 2.40. The van der Waals surface area contributed by atoms with Gasteiger partial charge in [-0.2, -0.15) is 0 Å². The Kier molecular flexibility index (Phi) is 6.26. The highest BCUT2D eigenvalue weighted by Crippen LogP contribution is 2.27. The fourth-order valence-corrected chi connectivity index (χ4v) is 3.99. The van der Waals surface area contributed by atoms with Crippen LogP contribution in [0.1, 0.15) is 18.9 Å². The van der Waals surface area contributed by atoms with E-state index in [1.807, 2.05) is 13.0 Å². The van der Waals surface area contributed by atoms with Crippen LogP contribution in [-0.4, -0.2) is 33.7 Å². The second-order valence-electron chi connectivity index (χ2n) is 6.01. The quantitative estimate of drug-likeness (QED) is 0.805. The molecule has 0 saturated heterocycles. The summed E-state index contributed by atoms with van der Waals surface area (Å²) in [6.45, 7) is 3.65. The first kappa shape index (κ1) is 19.8. The van der Waals surface area contributed by atoms with E-state index >= 15 is 0 Å². The lowest BCUT2D eigenvalue weighted by molar-refractivity contribution is -0.117. The van der Waals surface area contributed by atoms with Crippen LogP contribution in [0.25, 0.3) is 0 Å². The third-order valence-electron chi connectivity index (χ3n) is 3.95. The zero-order valence-electron chi connectivity index (χ0n) is 15.4. The summed E-state index contributed by atoms with van der Waals surface area (Å²) in [7, 11) is -2.15. The maximum Gasteiger partial charge on any atom is 0.248 e. The van der Waals surface area contributed by atoms with Gasteiger partial charge < -0.3 is 10.1 Å². The van der Waals surface area contributed by atoms with E-state index in [0.717, 1.165) is 11.8 Å². The number of anilines is 2. The highest BCUT2D eigenvalue weighted by molar-refractivity contribution is 7.92. The summed E-state index contributed by atoms with van der Waals surface area (Å²) in [5, 5.41) is 2.78. The lowest BCUT2D eigenvalue weighted by Gasteiger charge is -2.30. The van der Waals surface area contributed by atoms with Gasteiger partial charge in [0, 0.05) is 0 Å². The molecule has 1 amide bonds. The summed E-state index contributed by atoms with van der Waals surface area (Å²) in [5.41, 5.74) is 1.88. The SMILES string of the molecule is CCC(C(=O)Nc1ccccc1OC)N(c1cccc(C)c1)S(C)(=O)=O. The van der Waals surface area contributed by atoms with E-state index in [0.29, 0.717) is 23.5 Å². The monoisotopic (exact) mass is 376 g/mol. The first-order valence-corrected chi connectivity index (χ1v) is 10.1. The van der Waals surface area contributed by atoms with Crippen LogP contribution in [0.3, 0.4) is 0 Å². The molecule has 0 aromatic heterocycles. The number of benzene rings is 2. The molecule has 140 valence electrons. The van der Waals surface area contributed by atoms with E-state index in [-0.39, 0.29) is 0 Å². The van der Waals surface area contributed by atoms with Gasteiger partial charge in [-0.15, -0.1) is 0 Å². The number of hydrogen-bond donors (Lipinski definition) is 1. The number of carbonyl (C=O) groups is 1. The molecular formula is C19H24N2O4S. The van der Waals surface area contributed by atoms with E-state index in [2.05, 4.69) is 5.32 Å². The lowest BCUT2D eigenvalue weighted by atomic mass is 10.1. The number of nitrogens with one attached hydrogen (secondary N) is 1. The number of nitrogens with zero attached hydrogens (tertiary/aromatic N) is 1. The molecule has 1 unspecified atom stereocenters. The van der Waals surface area contributed by atoms with Crippen molar-refractivity contribution in [1.82, 2.24) is 0 Å². The second kappa shape index (κ2) is 8.23. The van der Waals surface area contributed by atoms with Crippen LogP contribution < -0.4 is 14.4 Å². The highest BCUT2D eigenvalue weighted by Gasteiger charge is 2.31. The largest absolute Gasteiger partial charge is 0.495 e. The maximum atomic E-state index is 12.9. The average molecular weight is 376 g/mol. The van der Waals surface area contributed by atoms with Crippen LogP contribution in [0.15, 0.2) is 48.5 Å². The van der Waals surface area contributed by atoms with Crippen molar-refractivity contribution in [3.8, 4) is 5.75 Å². The van der Waals surface area contributed by atoms with Crippen molar-refractivity contribution in [2.75, 3.05) is 23.0 Å². The van der Waals surface area contributed by atoms with Gasteiger partial charge in [-0.3, -0.25) is 9.10 Å². The molecule has 0 aliphatic rings. The fourth-order valence-electron chi connectivity index (χ4n) is 2.79. The van der Waals surface area contributed by atoms with Gasteiger partial charge in [-0.05, 0) is 43.2 Å². The number of sulfonamides is 1. The van der Waals surface area contributed by atoms with Crippen LogP contribution in [0.5, 0.6) is 5.75 Å². The third-order valence-corrected chi connectivity index (χ3v) is 5.13. The van der Waals surface area contributed by atoms with Crippen molar-refractivity contribution < 1.29 is 17.9 Å². The average Bonchev–Trinajstić information content (AvgIpc) is 2.58. The molecule has 0 aliphatic heterocycles. The van der Waals surface area contributed by atoms with E-state index in [1.165, 1.54) is 11.4 Å². The van der Waals surface area contributed by atoms with E-state index in [4.69, 9.17) is 4.74 Å². The highest BCUT2D eigenvalue weighted by atomic mass is 32.2. The molecule has 0 saturated carbocycles. The molecule has 26 heavy (non-hydrogen) atoms. The smallest absolute Gasteiger partial charge is 0.248 e. The van der Waals surface area contributed by atoms with Gasteiger partial charge in [0.2, 0.25) is 15.9 Å². The molecular weight excluding hydrogens is 352 g/mol. The van der Waals surface area contributed by atoms with Crippen molar-refractivity contribution in [2.45, 2.75) is 26.3 Å². The molecule has 1 N–H and O–H groups in total. The summed E-state index contributed by atoms with van der Waals surface area (Å²) < 4.78 is 31.3. The number of rotatable bonds is 7. The standard InChI is InChI=1S/C19H24N2O4S/c1-5-17(19(22)20-16-11-6-7-12-18(16)25-3)21(26(4,23)24)15-10-8-9-14(2)13-15/h6-13,17H,5H2,1-4H3,(H,20,22). The van der Waals surface area contributed by atoms with E-state index < -0.39 is 22.0 Å². The number of methoxy groups -OCH3 is 1. The minimum atomic E-state index is -3.66. The summed E-state index contributed by atoms with van der Waals surface area (Å²) in [4.78, 5) is 12.9. The molecule has 7 heteroatoms. The van der Waals surface area contributed by atoms with E-state index in [9.17, 15) is 13.2 Å². The van der Waals surface area contributed by atoms with Gasteiger partial charge in [-0.25, -0.2) is 8.42 Å². The molecule has 2 aromatic rings. The summed E-state index contributed by atoms with van der Waals surface area (Å²) in [6.07, 6.45) is 1.43. The molecule has 0 spiro atoms. The first-order valence-electron chi connectivity index (χ1n) is 8.28. The third kappa shape index (κ3) is 4.54. The molecule has 0 radical (unpaired) electrons. The van der Waals surface area contributed by atoms with Gasteiger partial charge in [0.1, 0.15) is 11.8 Å². The number of amides is 1. The molecule has 2 aromatic carbocycles. The number of para-hydroxylation sites is 2. The molecule has 0 heterocycles. The van der Waals surface area contributed by atoms with Gasteiger partial charge in [0.15, 0.2) is 0 Å². The van der Waals surface area contributed by atoms with Crippen LogP contribution in [0.4, 0.5) is 11.4 Å². The van der Waals surface area contributed by atoms with Crippen molar-refractivity contribution in [3.05, 3.63) is 54.1 Å². The second-order valence-corrected chi connectivity index (χ2v) is 7.87. The van der Waals surface area contributed by atoms with Crippen LogP contribution in [0, 0.1) is 6.92 Å². The number of hydrogen-bond acceptors (Lipinski definition) is 4. The van der Waals surface area contributed by atoms with Gasteiger partial charge >= 0.3 is 0 Å². The van der Waals surface area contributed by atoms with Crippen LogP contribution >= 0.6 is 0 Å². The van der Waals surface area contributed by atoms with Crippen molar-refractivity contribution in [3.63, 3.8) is 0 Å². The van der Waals surface area contributed by atoms with Crippen LogP contribution in [-0.2, 0) is 14.8 Å². The number of ether oxygens (including phenoxy) is 1. The number of carbonyl (C=O) groups excluding carboxylic acids is 1. The summed E-state index contributed by atoms with van der Waals surface area (Å²) >= 11 is 0. The Labute approximate surface area is 154 Å². The Morgan fingerprint density at radius 1 is 1.19 bits per heavy atom. The van der Waals surface area contributed by atoms with Gasteiger partial charge in [0.05, 0.1) is 24.7 Å². The minimum absolute atomic E-state index is 0.321. The predicted octanol–water partition coefficient (Wildman–Crippen LogP) is 3.19. The summed E-state index contributed by atoms with van der Waals surface area (Å²) in [6, 6.07) is 13.2. The number of aryl methyl sites for hydroxylation is 1.